The van der Waals surface area contributed by atoms with Gasteiger partial charge in [0.05, 0.1) is 40.1 Å². The Hall–Kier alpha value is -2.16. The average molecular weight is 883 g/mol. The summed E-state index contributed by atoms with van der Waals surface area (Å²) < 4.78 is 3.35. The number of alkyl halides is 2. The minimum atomic E-state index is -0.336. The van der Waals surface area contributed by atoms with E-state index in [1.165, 1.54) is 0 Å². The van der Waals surface area contributed by atoms with E-state index in [1.54, 1.807) is 21.3 Å². The number of piperidine rings is 2. The van der Waals surface area contributed by atoms with Gasteiger partial charge in [-0.2, -0.15) is 0 Å². The van der Waals surface area contributed by atoms with E-state index in [9.17, 15) is 19.8 Å². The Morgan fingerprint density at radius 1 is 0.724 bits per heavy atom. The first-order chi connectivity index (χ1) is 27.6. The molecule has 320 valence electrons. The number of hydrogen-bond donors (Lipinski definition) is 2. The van der Waals surface area contributed by atoms with E-state index in [0.29, 0.717) is 28.1 Å². The molecule has 0 saturated carbocycles. The van der Waals surface area contributed by atoms with Gasteiger partial charge in [0.25, 0.3) is 11.1 Å². The summed E-state index contributed by atoms with van der Waals surface area (Å²) in [6.07, 6.45) is 12.5. The second kappa shape index (κ2) is 18.1. The molecule has 4 fully saturated rings. The Balaban J connectivity index is 0.000000177. The number of aliphatic hydroxyl groups excluding tert-OH is 2. The minimum absolute atomic E-state index is 0.0713. The number of likely N-dealkylation sites (tertiary alicyclic amines) is 2. The molecule has 58 heavy (non-hydrogen) atoms. The number of aromatic nitrogens is 4. The topological polar surface area (TPSA) is 123 Å². The van der Waals surface area contributed by atoms with Crippen LogP contribution < -0.4 is 20.9 Å². The van der Waals surface area contributed by atoms with Crippen LogP contribution in [0.15, 0.2) is 43.9 Å². The molecule has 0 bridgehead atoms. The smallest absolute Gasteiger partial charge is 0.256 e. The molecule has 6 heterocycles. The molecule has 2 aromatic rings. The molecule has 12 nitrogen and oxygen atoms in total. The molecule has 8 rings (SSSR count). The van der Waals surface area contributed by atoms with Gasteiger partial charge >= 0.3 is 0 Å². The van der Waals surface area contributed by atoms with Gasteiger partial charge in [-0.25, -0.2) is 9.97 Å². The van der Waals surface area contributed by atoms with Crippen molar-refractivity contribution in [1.82, 2.24) is 28.9 Å². The molecule has 0 spiro atoms. The largest absolute Gasteiger partial charge is 0.392 e. The van der Waals surface area contributed by atoms with Gasteiger partial charge in [0.15, 0.2) is 0 Å². The highest BCUT2D eigenvalue weighted by Crippen LogP contribution is 2.39. The van der Waals surface area contributed by atoms with Crippen molar-refractivity contribution in [2.45, 2.75) is 138 Å². The van der Waals surface area contributed by atoms with E-state index in [-0.39, 0.29) is 57.2 Å². The third-order valence-electron chi connectivity index (χ3n) is 13.8. The Morgan fingerprint density at radius 2 is 1.21 bits per heavy atom. The molecule has 1 unspecified atom stereocenters. The average Bonchev–Trinajstić information content (AvgIpc) is 3.84. The maximum absolute atomic E-state index is 13.0. The Bertz CT molecular complexity index is 1970. The molecule has 0 radical (unpaired) electrons. The molecule has 2 aliphatic carbocycles. The zero-order valence-electron chi connectivity index (χ0n) is 34.3. The summed E-state index contributed by atoms with van der Waals surface area (Å²) in [4.78, 5) is 44.7. The van der Waals surface area contributed by atoms with Crippen molar-refractivity contribution >= 4 is 58.0 Å². The molecule has 6 aliphatic rings. The van der Waals surface area contributed by atoms with Crippen molar-refractivity contribution in [1.29, 1.82) is 0 Å². The molecular formula is C42H60Cl4N8O4. The van der Waals surface area contributed by atoms with Crippen molar-refractivity contribution in [3.8, 4) is 0 Å². The van der Waals surface area contributed by atoms with Crippen LogP contribution in [-0.4, -0.2) is 126 Å². The number of anilines is 2. The molecule has 6 atom stereocenters. The lowest BCUT2D eigenvalue weighted by atomic mass is 9.88. The number of rotatable bonds is 6. The first-order valence-corrected chi connectivity index (χ1v) is 22.7. The minimum Gasteiger partial charge on any atom is -0.392 e. The fourth-order valence-corrected chi connectivity index (χ4v) is 11.0. The Kier molecular flexibility index (Phi) is 13.7. The van der Waals surface area contributed by atoms with E-state index in [1.807, 2.05) is 26.0 Å². The van der Waals surface area contributed by atoms with Gasteiger partial charge in [0.1, 0.15) is 23.3 Å². The quantitative estimate of drug-likeness (QED) is 0.261. The fraction of sp³-hybridized carbons (Fsp3) is 0.714. The van der Waals surface area contributed by atoms with Gasteiger partial charge in [-0.1, -0.05) is 35.4 Å². The van der Waals surface area contributed by atoms with Gasteiger partial charge in [-0.3, -0.25) is 28.5 Å². The number of nitrogens with zero attached hydrogens (tertiary/aromatic N) is 8. The summed E-state index contributed by atoms with van der Waals surface area (Å²) in [6.45, 7) is 15.2. The molecule has 0 aromatic carbocycles. The van der Waals surface area contributed by atoms with Crippen LogP contribution in [0, 0.1) is 13.8 Å². The second-order valence-electron chi connectivity index (χ2n) is 17.8. The van der Waals surface area contributed by atoms with E-state index in [4.69, 9.17) is 56.4 Å². The molecular weight excluding hydrogens is 822 g/mol. The van der Waals surface area contributed by atoms with Crippen LogP contribution in [0.3, 0.4) is 0 Å². The number of aliphatic hydroxyl groups is 2. The third kappa shape index (κ3) is 9.20. The van der Waals surface area contributed by atoms with Gasteiger partial charge in [0.2, 0.25) is 0 Å². The van der Waals surface area contributed by atoms with Crippen LogP contribution in [0.4, 0.5) is 11.6 Å². The van der Waals surface area contributed by atoms with Gasteiger partial charge in [-0.05, 0) is 91.9 Å². The van der Waals surface area contributed by atoms with Crippen molar-refractivity contribution < 1.29 is 10.2 Å². The first kappa shape index (κ1) is 43.9. The van der Waals surface area contributed by atoms with E-state index in [2.05, 4.69) is 33.4 Å². The first-order valence-electron chi connectivity index (χ1n) is 21.1. The molecule has 4 saturated heterocycles. The lowest BCUT2D eigenvalue weighted by Gasteiger charge is -2.45. The summed E-state index contributed by atoms with van der Waals surface area (Å²) in [7, 11) is 0. The fourth-order valence-electron chi connectivity index (χ4n) is 9.93. The van der Waals surface area contributed by atoms with Crippen LogP contribution in [-0.2, 0) is 0 Å². The van der Waals surface area contributed by atoms with Crippen molar-refractivity contribution in [3.05, 3.63) is 66.7 Å². The van der Waals surface area contributed by atoms with E-state index < -0.39 is 0 Å². The molecule has 4 aliphatic heterocycles. The zero-order chi connectivity index (χ0) is 41.5. The van der Waals surface area contributed by atoms with Crippen molar-refractivity contribution in [2.75, 3.05) is 62.2 Å². The normalized spacial score (nSPS) is 30.4. The number of allylic oxidation sites excluding steroid dienone is 4. The predicted molar refractivity (Wildman–Crippen MR) is 234 cm³/mol. The van der Waals surface area contributed by atoms with Crippen LogP contribution in [0.25, 0.3) is 0 Å². The van der Waals surface area contributed by atoms with Crippen molar-refractivity contribution in [3.63, 3.8) is 0 Å². The lowest BCUT2D eigenvalue weighted by Crippen LogP contribution is -2.53. The summed E-state index contributed by atoms with van der Waals surface area (Å²) in [6, 6.07) is 2.79. The predicted octanol–water partition coefficient (Wildman–Crippen LogP) is 6.08. The van der Waals surface area contributed by atoms with Gasteiger partial charge < -0.3 is 20.0 Å². The molecule has 16 heteroatoms. The number of halogens is 4. The Labute approximate surface area is 362 Å². The molecule has 2 N–H and O–H groups in total. The van der Waals surface area contributed by atoms with Crippen LogP contribution >= 0.6 is 46.4 Å². The van der Waals surface area contributed by atoms with Crippen LogP contribution in [0.5, 0.6) is 0 Å². The summed E-state index contributed by atoms with van der Waals surface area (Å²) in [5.74, 6) is 2.82. The second-order valence-corrected chi connectivity index (χ2v) is 19.7. The van der Waals surface area contributed by atoms with Crippen LogP contribution in [0.2, 0.25) is 0 Å². The maximum Gasteiger partial charge on any atom is 0.256 e. The maximum atomic E-state index is 13.0. The van der Waals surface area contributed by atoms with Crippen LogP contribution in [0.1, 0.15) is 102 Å². The Morgan fingerprint density at radius 3 is 1.66 bits per heavy atom. The number of hydrogen-bond acceptors (Lipinski definition) is 10. The highest BCUT2D eigenvalue weighted by atomic mass is 35.5. The monoisotopic (exact) mass is 880 g/mol. The zero-order valence-corrected chi connectivity index (χ0v) is 37.3. The van der Waals surface area contributed by atoms with E-state index in [0.717, 1.165) is 122 Å². The summed E-state index contributed by atoms with van der Waals surface area (Å²) in [5, 5.41) is 20.5. The highest BCUT2D eigenvalue weighted by Gasteiger charge is 2.41. The lowest BCUT2D eigenvalue weighted by molar-refractivity contribution is 0.0841. The van der Waals surface area contributed by atoms with Gasteiger partial charge in [-0.15, -0.1) is 23.2 Å². The van der Waals surface area contributed by atoms with E-state index >= 15 is 0 Å². The third-order valence-corrected chi connectivity index (χ3v) is 15.9. The SMILES string of the molecule is Cc1nc(N2CCC(C)(N3CC[C@H](O)C3)CC2)cc(=O)n1[C@@H]1C=CC[C@H](Cl)C1Cl.Cc1nc(N2CCC(C)(N3CC[C@H](O)C3)CC2)cc(=O)n1[C@H]1CCCC(Cl)=C1Cl. The number of β-amino-alcohol motifs (C(OH)–C–C–N with tert-alkyl or cyclic N) is 2. The van der Waals surface area contributed by atoms with Gasteiger partial charge in [0, 0.05) is 80.6 Å². The standard InChI is InChI=1S/2C21H30Cl2N4O2/c2*1-14-24-18(12-19(29)27(14)17-5-3-4-16(22)20(17)23)25-10-7-21(2,8-11-25)26-9-6-15(28)13-26/h12,15,17,28H,3-11,13H2,1-2H3;3,5,12,15-17,20,28H,4,6-11,13H2,1-2H3/t15-,17-;15-,16-,17+,20?/m00/s1. The highest BCUT2D eigenvalue weighted by molar-refractivity contribution is 6.39. The number of aryl methyl sites for hydroxylation is 2. The summed E-state index contributed by atoms with van der Waals surface area (Å²) in [5.41, 5.74) is 0.0500. The summed E-state index contributed by atoms with van der Waals surface area (Å²) >= 11 is 25.5. The van der Waals surface area contributed by atoms with Crippen molar-refractivity contribution in [2.24, 2.45) is 0 Å². The molecule has 0 amide bonds. The molecule has 2 aromatic heterocycles.